The van der Waals surface area contributed by atoms with E-state index in [1.807, 2.05) is 12.4 Å². The van der Waals surface area contributed by atoms with Gasteiger partial charge in [0.15, 0.2) is 0 Å². The molecule has 0 aliphatic heterocycles. The molecule has 3 heteroatoms. The molecule has 0 saturated heterocycles. The van der Waals surface area contributed by atoms with Crippen molar-refractivity contribution in [1.29, 1.82) is 0 Å². The van der Waals surface area contributed by atoms with Crippen molar-refractivity contribution in [3.63, 3.8) is 0 Å². The van der Waals surface area contributed by atoms with Crippen LogP contribution in [-0.2, 0) is 0 Å². The average Bonchev–Trinajstić information content (AvgIpc) is 3.11. The summed E-state index contributed by atoms with van der Waals surface area (Å²) in [4.78, 5) is 6.66. The molecule has 0 radical (unpaired) electrons. The molecule has 116 valence electrons. The number of hydrogen-bond donors (Lipinski definition) is 1. The van der Waals surface area contributed by atoms with E-state index in [9.17, 15) is 0 Å². The van der Waals surface area contributed by atoms with Crippen molar-refractivity contribution in [1.82, 2.24) is 9.88 Å². The second-order valence-electron chi connectivity index (χ2n) is 7.17. The standard InChI is InChI=1S/C18H29N3/c1-3-17(19)18(14-6-8-20-9-7-14)21(2)12-16-11-13-4-5-15(16)10-13/h6-9,13,15-18H,3-5,10-12,19H2,1-2H3. The molecule has 1 aromatic rings. The lowest BCUT2D eigenvalue weighted by Gasteiger charge is -2.36. The van der Waals surface area contributed by atoms with Crippen LogP contribution >= 0.6 is 0 Å². The minimum atomic E-state index is 0.191. The Hall–Kier alpha value is -0.930. The van der Waals surface area contributed by atoms with Crippen molar-refractivity contribution in [3.05, 3.63) is 30.1 Å². The van der Waals surface area contributed by atoms with Crippen molar-refractivity contribution in [2.75, 3.05) is 13.6 Å². The quantitative estimate of drug-likeness (QED) is 0.873. The minimum absolute atomic E-state index is 0.191. The summed E-state index contributed by atoms with van der Waals surface area (Å²) < 4.78 is 0. The Morgan fingerprint density at radius 1 is 1.29 bits per heavy atom. The number of aromatic nitrogens is 1. The first-order valence-corrected chi connectivity index (χ1v) is 8.54. The molecule has 0 amide bonds. The molecule has 2 saturated carbocycles. The van der Waals surface area contributed by atoms with E-state index in [-0.39, 0.29) is 6.04 Å². The average molecular weight is 287 g/mol. The minimum Gasteiger partial charge on any atom is -0.326 e. The highest BCUT2D eigenvalue weighted by Gasteiger charge is 2.40. The van der Waals surface area contributed by atoms with Crippen LogP contribution in [-0.4, -0.2) is 29.5 Å². The highest BCUT2D eigenvalue weighted by Crippen LogP contribution is 2.48. The van der Waals surface area contributed by atoms with Crippen molar-refractivity contribution in [2.45, 2.75) is 51.1 Å². The van der Waals surface area contributed by atoms with E-state index in [0.29, 0.717) is 6.04 Å². The van der Waals surface area contributed by atoms with E-state index in [0.717, 1.165) is 24.2 Å². The molecule has 3 nitrogen and oxygen atoms in total. The lowest BCUT2D eigenvalue weighted by Crippen LogP contribution is -2.41. The number of hydrogen-bond acceptors (Lipinski definition) is 3. The Kier molecular flexibility index (Phi) is 4.60. The fraction of sp³-hybridized carbons (Fsp3) is 0.722. The number of fused-ring (bicyclic) bond motifs is 2. The van der Waals surface area contributed by atoms with Crippen LogP contribution in [0.1, 0.15) is 50.6 Å². The summed E-state index contributed by atoms with van der Waals surface area (Å²) in [5, 5.41) is 0. The molecule has 2 N–H and O–H groups in total. The van der Waals surface area contributed by atoms with Gasteiger partial charge in [0.2, 0.25) is 0 Å². The van der Waals surface area contributed by atoms with Crippen molar-refractivity contribution in [3.8, 4) is 0 Å². The Morgan fingerprint density at radius 3 is 2.62 bits per heavy atom. The number of pyridine rings is 1. The zero-order valence-electron chi connectivity index (χ0n) is 13.4. The second kappa shape index (κ2) is 6.45. The molecule has 2 fully saturated rings. The largest absolute Gasteiger partial charge is 0.326 e. The lowest BCUT2D eigenvalue weighted by molar-refractivity contribution is 0.153. The third kappa shape index (κ3) is 3.14. The van der Waals surface area contributed by atoms with Gasteiger partial charge in [-0.25, -0.2) is 0 Å². The maximum absolute atomic E-state index is 6.44. The van der Waals surface area contributed by atoms with Gasteiger partial charge >= 0.3 is 0 Å². The van der Waals surface area contributed by atoms with Crippen LogP contribution in [0.5, 0.6) is 0 Å². The van der Waals surface area contributed by atoms with E-state index < -0.39 is 0 Å². The maximum atomic E-state index is 6.44. The van der Waals surface area contributed by atoms with Gasteiger partial charge in [-0.15, -0.1) is 0 Å². The van der Waals surface area contributed by atoms with Crippen LogP contribution in [0.3, 0.4) is 0 Å². The normalized spacial score (nSPS) is 30.8. The summed E-state index contributed by atoms with van der Waals surface area (Å²) in [6, 6.07) is 4.75. The highest BCUT2D eigenvalue weighted by atomic mass is 15.1. The van der Waals surface area contributed by atoms with Gasteiger partial charge in [0.1, 0.15) is 0 Å². The predicted octanol–water partition coefficient (Wildman–Crippen LogP) is 3.23. The Labute approximate surface area is 128 Å². The van der Waals surface area contributed by atoms with Gasteiger partial charge in [-0.05, 0) is 68.2 Å². The van der Waals surface area contributed by atoms with Gasteiger partial charge in [0.25, 0.3) is 0 Å². The first-order chi connectivity index (χ1) is 10.2. The molecule has 2 aliphatic carbocycles. The summed E-state index contributed by atoms with van der Waals surface area (Å²) in [6.07, 6.45) is 10.6. The van der Waals surface area contributed by atoms with Gasteiger partial charge in [0, 0.05) is 31.0 Å². The van der Waals surface area contributed by atoms with Crippen LogP contribution < -0.4 is 5.73 Å². The number of likely N-dealkylation sites (N-methyl/N-ethyl adjacent to an activating group) is 1. The first-order valence-electron chi connectivity index (χ1n) is 8.54. The third-order valence-electron chi connectivity index (χ3n) is 5.81. The Bertz CT molecular complexity index is 447. The Morgan fingerprint density at radius 2 is 2.05 bits per heavy atom. The van der Waals surface area contributed by atoms with Gasteiger partial charge in [-0.1, -0.05) is 13.3 Å². The Balaban J connectivity index is 1.70. The molecule has 2 aliphatic rings. The SMILES string of the molecule is CCC(N)C(c1ccncc1)N(C)CC1CC2CCC1C2. The molecule has 5 atom stereocenters. The number of nitrogens with two attached hydrogens (primary N) is 1. The van der Waals surface area contributed by atoms with E-state index >= 15 is 0 Å². The topological polar surface area (TPSA) is 42.1 Å². The summed E-state index contributed by atoms with van der Waals surface area (Å²) in [5.74, 6) is 2.89. The van der Waals surface area contributed by atoms with Crippen LogP contribution in [0.2, 0.25) is 0 Å². The van der Waals surface area contributed by atoms with Gasteiger partial charge in [-0.3, -0.25) is 9.88 Å². The third-order valence-corrected chi connectivity index (χ3v) is 5.81. The van der Waals surface area contributed by atoms with E-state index in [1.165, 1.54) is 37.8 Å². The van der Waals surface area contributed by atoms with Crippen LogP contribution in [0.25, 0.3) is 0 Å². The van der Waals surface area contributed by atoms with E-state index in [2.05, 4.69) is 36.0 Å². The van der Waals surface area contributed by atoms with Crippen molar-refractivity contribution in [2.24, 2.45) is 23.5 Å². The lowest BCUT2D eigenvalue weighted by atomic mass is 9.87. The maximum Gasteiger partial charge on any atom is 0.0497 e. The monoisotopic (exact) mass is 287 g/mol. The zero-order valence-corrected chi connectivity index (χ0v) is 13.4. The van der Waals surface area contributed by atoms with Gasteiger partial charge < -0.3 is 5.73 Å². The van der Waals surface area contributed by atoms with Gasteiger partial charge in [-0.2, -0.15) is 0 Å². The molecule has 0 spiro atoms. The molecular formula is C18H29N3. The van der Waals surface area contributed by atoms with E-state index in [4.69, 9.17) is 5.73 Å². The molecular weight excluding hydrogens is 258 g/mol. The molecule has 0 aromatic carbocycles. The predicted molar refractivity (Wildman–Crippen MR) is 86.8 cm³/mol. The smallest absolute Gasteiger partial charge is 0.0497 e. The number of rotatable bonds is 6. The highest BCUT2D eigenvalue weighted by molar-refractivity contribution is 5.17. The molecule has 5 unspecified atom stereocenters. The molecule has 21 heavy (non-hydrogen) atoms. The van der Waals surface area contributed by atoms with Crippen LogP contribution in [0.15, 0.2) is 24.5 Å². The van der Waals surface area contributed by atoms with Crippen molar-refractivity contribution < 1.29 is 0 Å². The summed E-state index contributed by atoms with van der Waals surface area (Å²) in [5.41, 5.74) is 7.75. The van der Waals surface area contributed by atoms with Crippen LogP contribution in [0, 0.1) is 17.8 Å². The second-order valence-corrected chi connectivity index (χ2v) is 7.17. The first kappa shape index (κ1) is 15.0. The molecule has 3 rings (SSSR count). The van der Waals surface area contributed by atoms with Gasteiger partial charge in [0.05, 0.1) is 0 Å². The molecule has 1 heterocycles. The molecule has 2 bridgehead atoms. The molecule has 1 aromatic heterocycles. The fourth-order valence-electron chi connectivity index (χ4n) is 4.70. The fourth-order valence-corrected chi connectivity index (χ4v) is 4.70. The van der Waals surface area contributed by atoms with Crippen molar-refractivity contribution >= 4 is 0 Å². The zero-order chi connectivity index (χ0) is 14.8. The number of nitrogens with zero attached hydrogens (tertiary/aromatic N) is 2. The summed E-state index contributed by atoms with van der Waals surface area (Å²) in [7, 11) is 2.26. The van der Waals surface area contributed by atoms with Crippen LogP contribution in [0.4, 0.5) is 0 Å². The summed E-state index contributed by atoms with van der Waals surface area (Å²) in [6.45, 7) is 3.38. The van der Waals surface area contributed by atoms with E-state index in [1.54, 1.807) is 0 Å². The summed E-state index contributed by atoms with van der Waals surface area (Å²) >= 11 is 0.